The largest absolute Gasteiger partial charge is 0.481 e. The maximum atomic E-state index is 13.6. The van der Waals surface area contributed by atoms with Gasteiger partial charge in [0.1, 0.15) is 0 Å². The molecule has 8 heteroatoms. The number of carbonyl (C=O) groups excluding carboxylic acids is 1. The molecule has 1 saturated carbocycles. The molecule has 1 aromatic heterocycles. The van der Waals surface area contributed by atoms with Gasteiger partial charge in [0.25, 0.3) is 0 Å². The van der Waals surface area contributed by atoms with Gasteiger partial charge in [0.2, 0.25) is 5.91 Å². The van der Waals surface area contributed by atoms with Crippen molar-refractivity contribution in [1.82, 2.24) is 9.88 Å². The molecular weight excluding hydrogens is 457 g/mol. The van der Waals surface area contributed by atoms with Crippen LogP contribution in [0.1, 0.15) is 36.5 Å². The molecule has 0 unspecified atom stereocenters. The van der Waals surface area contributed by atoms with E-state index in [1.165, 1.54) is 12.3 Å². The fourth-order valence-corrected chi connectivity index (χ4v) is 4.11. The smallest absolute Gasteiger partial charge is 0.416 e. The number of alkyl halides is 3. The molecule has 1 amide bonds. The molecule has 1 aliphatic rings. The second-order valence-corrected chi connectivity index (χ2v) is 8.67. The van der Waals surface area contributed by atoms with Gasteiger partial charge in [0.15, 0.2) is 0 Å². The molecule has 0 atom stereocenters. The Hall–Kier alpha value is -3.68. The highest BCUT2D eigenvalue weighted by Gasteiger charge is 2.34. The minimum absolute atomic E-state index is 0.0163. The molecule has 1 N–H and O–H groups in total. The summed E-state index contributed by atoms with van der Waals surface area (Å²) in [7, 11) is 0. The van der Waals surface area contributed by atoms with Gasteiger partial charge in [-0.25, -0.2) is 0 Å². The SMILES string of the molecule is CCN(Cc1cc(C(F)(F)F)ccc1-c1cc(CC(=O)O)cnc1-c1ccccc1)C(=O)C1CC1. The molecular formula is C27H25F3N2O3. The topological polar surface area (TPSA) is 70.5 Å². The number of carboxylic acid groups (broad SMARTS) is 1. The van der Waals surface area contributed by atoms with Gasteiger partial charge < -0.3 is 10.0 Å². The molecule has 182 valence electrons. The summed E-state index contributed by atoms with van der Waals surface area (Å²) in [5.74, 6) is -1.16. The molecule has 4 rings (SSSR count). The molecule has 0 saturated heterocycles. The summed E-state index contributed by atoms with van der Waals surface area (Å²) < 4.78 is 40.8. The van der Waals surface area contributed by atoms with Crippen LogP contribution in [0, 0.1) is 5.92 Å². The van der Waals surface area contributed by atoms with E-state index in [4.69, 9.17) is 0 Å². The third-order valence-electron chi connectivity index (χ3n) is 6.05. The summed E-state index contributed by atoms with van der Waals surface area (Å²) in [6.45, 7) is 2.19. The summed E-state index contributed by atoms with van der Waals surface area (Å²) in [6, 6.07) is 14.3. The number of carboxylic acids is 1. The van der Waals surface area contributed by atoms with Crippen LogP contribution in [0.15, 0.2) is 60.8 Å². The predicted octanol–water partition coefficient (Wildman–Crippen LogP) is 5.82. The zero-order valence-corrected chi connectivity index (χ0v) is 19.2. The van der Waals surface area contributed by atoms with Gasteiger partial charge in [0.05, 0.1) is 17.7 Å². The van der Waals surface area contributed by atoms with Crippen molar-refractivity contribution in [3.63, 3.8) is 0 Å². The number of rotatable bonds is 8. The van der Waals surface area contributed by atoms with Crippen molar-refractivity contribution in [2.75, 3.05) is 6.54 Å². The standard InChI is InChI=1S/C27H25F3N2O3/c1-2-32(26(35)19-8-9-19)16-20-14-21(27(28,29)30)10-11-22(20)23-12-17(13-24(33)34)15-31-25(23)18-6-4-3-5-7-18/h3-7,10-12,14-15,19H,2,8-9,13,16H2,1H3,(H,33,34). The number of nitrogens with zero attached hydrogens (tertiary/aromatic N) is 2. The number of halogens is 3. The first-order chi connectivity index (χ1) is 16.7. The lowest BCUT2D eigenvalue weighted by Gasteiger charge is -2.24. The molecule has 0 aliphatic heterocycles. The molecule has 0 bridgehead atoms. The van der Waals surface area contributed by atoms with E-state index in [-0.39, 0.29) is 24.8 Å². The van der Waals surface area contributed by atoms with Crippen molar-refractivity contribution in [3.8, 4) is 22.4 Å². The van der Waals surface area contributed by atoms with Crippen LogP contribution in [0.25, 0.3) is 22.4 Å². The summed E-state index contributed by atoms with van der Waals surface area (Å²) in [5.41, 5.74) is 2.24. The number of hydrogen-bond donors (Lipinski definition) is 1. The van der Waals surface area contributed by atoms with E-state index in [9.17, 15) is 27.9 Å². The third-order valence-corrected chi connectivity index (χ3v) is 6.05. The number of hydrogen-bond acceptors (Lipinski definition) is 3. The molecule has 0 spiro atoms. The molecule has 1 fully saturated rings. The van der Waals surface area contributed by atoms with Gasteiger partial charge in [-0.05, 0) is 54.7 Å². The lowest BCUT2D eigenvalue weighted by atomic mass is 9.92. The second kappa shape index (κ2) is 9.90. The highest BCUT2D eigenvalue weighted by molar-refractivity contribution is 5.85. The maximum Gasteiger partial charge on any atom is 0.416 e. The maximum absolute atomic E-state index is 13.6. The normalized spacial score (nSPS) is 13.5. The number of carbonyl (C=O) groups is 2. The van der Waals surface area contributed by atoms with E-state index in [2.05, 4.69) is 4.98 Å². The van der Waals surface area contributed by atoms with Gasteiger partial charge >= 0.3 is 12.1 Å². The lowest BCUT2D eigenvalue weighted by molar-refractivity contribution is -0.138. The van der Waals surface area contributed by atoms with E-state index in [0.717, 1.165) is 30.5 Å². The van der Waals surface area contributed by atoms with Crippen molar-refractivity contribution in [3.05, 3.63) is 77.5 Å². The Balaban J connectivity index is 1.88. The Labute approximate surface area is 201 Å². The van der Waals surface area contributed by atoms with Crippen molar-refractivity contribution in [2.45, 2.75) is 38.9 Å². The molecule has 1 heterocycles. The monoisotopic (exact) mass is 482 g/mol. The number of pyridine rings is 1. The van der Waals surface area contributed by atoms with E-state index in [0.29, 0.717) is 34.5 Å². The van der Waals surface area contributed by atoms with Gasteiger partial charge in [-0.3, -0.25) is 14.6 Å². The first kappa shape index (κ1) is 24.4. The zero-order chi connectivity index (χ0) is 25.2. The van der Waals surface area contributed by atoms with E-state index in [1.54, 1.807) is 17.9 Å². The van der Waals surface area contributed by atoms with Crippen molar-refractivity contribution in [1.29, 1.82) is 0 Å². The Morgan fingerprint density at radius 2 is 1.77 bits per heavy atom. The van der Waals surface area contributed by atoms with Crippen molar-refractivity contribution in [2.24, 2.45) is 5.92 Å². The highest BCUT2D eigenvalue weighted by Crippen LogP contribution is 2.38. The fourth-order valence-electron chi connectivity index (χ4n) is 4.11. The Morgan fingerprint density at radius 3 is 2.37 bits per heavy atom. The van der Waals surface area contributed by atoms with Gasteiger partial charge in [0, 0.05) is 36.3 Å². The average Bonchev–Trinajstić information content (AvgIpc) is 3.67. The quantitative estimate of drug-likeness (QED) is 0.439. The average molecular weight is 483 g/mol. The molecule has 5 nitrogen and oxygen atoms in total. The zero-order valence-electron chi connectivity index (χ0n) is 19.2. The number of amides is 1. The van der Waals surface area contributed by atoms with Crippen LogP contribution in [0.4, 0.5) is 13.2 Å². The van der Waals surface area contributed by atoms with Crippen LogP contribution >= 0.6 is 0 Å². The summed E-state index contributed by atoms with van der Waals surface area (Å²) in [4.78, 5) is 30.2. The number of aromatic nitrogens is 1. The van der Waals surface area contributed by atoms with Crippen molar-refractivity contribution < 1.29 is 27.9 Å². The van der Waals surface area contributed by atoms with Crippen LogP contribution in [0.5, 0.6) is 0 Å². The Bertz CT molecular complexity index is 1240. The van der Waals surface area contributed by atoms with Crippen LogP contribution < -0.4 is 0 Å². The number of aliphatic carboxylic acids is 1. The minimum Gasteiger partial charge on any atom is -0.481 e. The highest BCUT2D eigenvalue weighted by atomic mass is 19.4. The van der Waals surface area contributed by atoms with Crippen LogP contribution in [0.3, 0.4) is 0 Å². The third kappa shape index (κ3) is 5.70. The lowest BCUT2D eigenvalue weighted by Crippen LogP contribution is -2.31. The predicted molar refractivity (Wildman–Crippen MR) is 125 cm³/mol. The second-order valence-electron chi connectivity index (χ2n) is 8.67. The summed E-state index contributed by atoms with van der Waals surface area (Å²) >= 11 is 0. The summed E-state index contributed by atoms with van der Waals surface area (Å²) in [6.07, 6.45) is -1.75. The van der Waals surface area contributed by atoms with Crippen LogP contribution in [0.2, 0.25) is 0 Å². The number of benzene rings is 2. The van der Waals surface area contributed by atoms with Crippen molar-refractivity contribution >= 4 is 11.9 Å². The van der Waals surface area contributed by atoms with Crippen LogP contribution in [-0.2, 0) is 28.7 Å². The molecule has 0 radical (unpaired) electrons. The van der Waals surface area contributed by atoms with Gasteiger partial charge in [-0.15, -0.1) is 0 Å². The molecule has 2 aromatic carbocycles. The summed E-state index contributed by atoms with van der Waals surface area (Å²) in [5, 5.41) is 9.27. The van der Waals surface area contributed by atoms with Crippen LogP contribution in [-0.4, -0.2) is 33.4 Å². The first-order valence-electron chi connectivity index (χ1n) is 11.4. The molecule has 3 aromatic rings. The van der Waals surface area contributed by atoms with E-state index < -0.39 is 17.7 Å². The van der Waals surface area contributed by atoms with Gasteiger partial charge in [-0.2, -0.15) is 13.2 Å². The van der Waals surface area contributed by atoms with E-state index in [1.807, 2.05) is 30.3 Å². The fraction of sp³-hybridized carbons (Fsp3) is 0.296. The molecule has 1 aliphatic carbocycles. The van der Waals surface area contributed by atoms with E-state index >= 15 is 0 Å². The molecule has 35 heavy (non-hydrogen) atoms. The Morgan fingerprint density at radius 1 is 1.06 bits per heavy atom. The Kier molecular flexibility index (Phi) is 6.91. The van der Waals surface area contributed by atoms with Gasteiger partial charge in [-0.1, -0.05) is 36.4 Å². The first-order valence-corrected chi connectivity index (χ1v) is 11.4. The minimum atomic E-state index is -4.55.